The lowest BCUT2D eigenvalue weighted by Gasteiger charge is -2.31. The lowest BCUT2D eigenvalue weighted by molar-refractivity contribution is -0.119. The van der Waals surface area contributed by atoms with Crippen molar-refractivity contribution in [3.05, 3.63) is 59.7 Å². The van der Waals surface area contributed by atoms with E-state index in [4.69, 9.17) is 10.5 Å². The van der Waals surface area contributed by atoms with Gasteiger partial charge in [0.1, 0.15) is 5.75 Å². The Bertz CT molecular complexity index is 684. The number of fused-ring (bicyclic) bond motifs is 1. The number of anilines is 1. The maximum Gasteiger partial charge on any atom is 0.227 e. The monoisotopic (exact) mass is 296 g/mol. The van der Waals surface area contributed by atoms with Gasteiger partial charge in [0.15, 0.2) is 0 Å². The molecule has 1 heterocycles. The highest BCUT2D eigenvalue weighted by atomic mass is 16.5. The fourth-order valence-electron chi connectivity index (χ4n) is 2.87. The Morgan fingerprint density at radius 3 is 2.82 bits per heavy atom. The molecule has 2 aromatic carbocycles. The van der Waals surface area contributed by atoms with Crippen molar-refractivity contribution in [2.45, 2.75) is 18.9 Å². The number of carbonyl (C=O) groups is 1. The number of aryl methyl sites for hydroxylation is 1. The van der Waals surface area contributed by atoms with E-state index in [0.29, 0.717) is 13.0 Å². The summed E-state index contributed by atoms with van der Waals surface area (Å²) in [6.45, 7) is 0.475. The molecule has 0 fully saturated rings. The molecule has 2 aromatic rings. The average Bonchev–Trinajstić information content (AvgIpc) is 2.57. The van der Waals surface area contributed by atoms with Gasteiger partial charge in [0, 0.05) is 24.7 Å². The molecule has 0 aliphatic carbocycles. The van der Waals surface area contributed by atoms with Crippen LogP contribution in [-0.2, 0) is 11.2 Å². The number of amides is 1. The van der Waals surface area contributed by atoms with Gasteiger partial charge in [0.25, 0.3) is 0 Å². The van der Waals surface area contributed by atoms with Crippen molar-refractivity contribution in [2.75, 3.05) is 18.6 Å². The minimum absolute atomic E-state index is 0.136. The fourth-order valence-corrected chi connectivity index (χ4v) is 2.87. The van der Waals surface area contributed by atoms with Crippen LogP contribution in [0.2, 0.25) is 0 Å². The van der Waals surface area contributed by atoms with Crippen molar-refractivity contribution in [3.63, 3.8) is 0 Å². The van der Waals surface area contributed by atoms with Crippen LogP contribution in [0.25, 0.3) is 0 Å². The van der Waals surface area contributed by atoms with Crippen LogP contribution in [0.1, 0.15) is 23.6 Å². The van der Waals surface area contributed by atoms with Crippen molar-refractivity contribution in [1.29, 1.82) is 0 Å². The molecule has 0 aromatic heterocycles. The highest BCUT2D eigenvalue weighted by Crippen LogP contribution is 2.29. The summed E-state index contributed by atoms with van der Waals surface area (Å²) >= 11 is 0. The Hall–Kier alpha value is -2.33. The number of rotatable bonds is 4. The summed E-state index contributed by atoms with van der Waals surface area (Å²) in [6.07, 6.45) is 1.35. The molecule has 22 heavy (non-hydrogen) atoms. The molecular weight excluding hydrogens is 276 g/mol. The summed E-state index contributed by atoms with van der Waals surface area (Å²) in [5.74, 6) is 0.912. The van der Waals surface area contributed by atoms with Crippen molar-refractivity contribution in [2.24, 2.45) is 5.73 Å². The standard InChI is InChI=1S/C18H20N2O2/c1-22-15-7-4-6-14(11-15)16(19)12-20-17-8-3-2-5-13(17)9-10-18(20)21/h2-8,11,16H,9-10,12,19H2,1H3. The Kier molecular flexibility index (Phi) is 4.11. The van der Waals surface area contributed by atoms with Crippen molar-refractivity contribution >= 4 is 11.6 Å². The van der Waals surface area contributed by atoms with E-state index in [0.717, 1.165) is 23.4 Å². The smallest absolute Gasteiger partial charge is 0.227 e. The van der Waals surface area contributed by atoms with Crippen LogP contribution in [-0.4, -0.2) is 19.6 Å². The number of hydrogen-bond acceptors (Lipinski definition) is 3. The third-order valence-corrected chi connectivity index (χ3v) is 4.09. The zero-order valence-electron chi connectivity index (χ0n) is 12.7. The van der Waals surface area contributed by atoms with E-state index in [1.54, 1.807) is 7.11 Å². The van der Waals surface area contributed by atoms with E-state index in [9.17, 15) is 4.79 Å². The molecule has 0 bridgehead atoms. The molecule has 0 spiro atoms. The Balaban J connectivity index is 1.84. The van der Waals surface area contributed by atoms with Gasteiger partial charge in [-0.2, -0.15) is 0 Å². The van der Waals surface area contributed by atoms with E-state index in [2.05, 4.69) is 6.07 Å². The van der Waals surface area contributed by atoms with Crippen LogP contribution < -0.4 is 15.4 Å². The highest BCUT2D eigenvalue weighted by Gasteiger charge is 2.25. The predicted molar refractivity (Wildman–Crippen MR) is 87.0 cm³/mol. The minimum atomic E-state index is -0.245. The molecule has 0 radical (unpaired) electrons. The average molecular weight is 296 g/mol. The third kappa shape index (κ3) is 2.83. The molecule has 114 valence electrons. The van der Waals surface area contributed by atoms with Crippen molar-refractivity contribution in [3.8, 4) is 5.75 Å². The maximum atomic E-state index is 12.3. The summed E-state index contributed by atoms with van der Waals surface area (Å²) in [5.41, 5.74) is 9.48. The lowest BCUT2D eigenvalue weighted by atomic mass is 9.99. The Morgan fingerprint density at radius 1 is 1.18 bits per heavy atom. The molecule has 2 N–H and O–H groups in total. The number of nitrogens with zero attached hydrogens (tertiary/aromatic N) is 1. The van der Waals surface area contributed by atoms with Gasteiger partial charge >= 0.3 is 0 Å². The second-order valence-electron chi connectivity index (χ2n) is 5.52. The first-order valence-electron chi connectivity index (χ1n) is 7.47. The summed E-state index contributed by atoms with van der Waals surface area (Å²) in [7, 11) is 1.63. The number of benzene rings is 2. The number of carbonyl (C=O) groups excluding carboxylic acids is 1. The molecule has 0 saturated heterocycles. The number of hydrogen-bond donors (Lipinski definition) is 1. The van der Waals surface area contributed by atoms with Gasteiger partial charge in [-0.1, -0.05) is 30.3 Å². The van der Waals surface area contributed by atoms with E-state index >= 15 is 0 Å². The first-order valence-corrected chi connectivity index (χ1v) is 7.47. The van der Waals surface area contributed by atoms with Crippen molar-refractivity contribution < 1.29 is 9.53 Å². The van der Waals surface area contributed by atoms with E-state index in [-0.39, 0.29) is 11.9 Å². The largest absolute Gasteiger partial charge is 0.497 e. The second kappa shape index (κ2) is 6.20. The van der Waals surface area contributed by atoms with Crippen LogP contribution in [0, 0.1) is 0 Å². The van der Waals surface area contributed by atoms with E-state index in [1.165, 1.54) is 5.56 Å². The normalized spacial score (nSPS) is 15.4. The number of para-hydroxylation sites is 1. The molecule has 3 rings (SSSR count). The molecule has 1 atom stereocenters. The predicted octanol–water partition coefficient (Wildman–Crippen LogP) is 2.67. The third-order valence-electron chi connectivity index (χ3n) is 4.09. The zero-order valence-corrected chi connectivity index (χ0v) is 12.7. The van der Waals surface area contributed by atoms with E-state index in [1.807, 2.05) is 47.4 Å². The number of methoxy groups -OCH3 is 1. The number of ether oxygens (including phenoxy) is 1. The fraction of sp³-hybridized carbons (Fsp3) is 0.278. The van der Waals surface area contributed by atoms with Gasteiger partial charge < -0.3 is 15.4 Å². The van der Waals surface area contributed by atoms with Crippen LogP contribution in [0.5, 0.6) is 5.75 Å². The van der Waals surface area contributed by atoms with Crippen LogP contribution in [0.4, 0.5) is 5.69 Å². The van der Waals surface area contributed by atoms with Gasteiger partial charge in [-0.15, -0.1) is 0 Å². The molecule has 1 amide bonds. The summed E-state index contributed by atoms with van der Waals surface area (Å²) in [5, 5.41) is 0. The van der Waals surface area contributed by atoms with Crippen molar-refractivity contribution in [1.82, 2.24) is 0 Å². The molecule has 0 saturated carbocycles. The first kappa shape index (κ1) is 14.6. The van der Waals surface area contributed by atoms with Crippen LogP contribution in [0.3, 0.4) is 0 Å². The van der Waals surface area contributed by atoms with Crippen LogP contribution in [0.15, 0.2) is 48.5 Å². The molecule has 1 aliphatic rings. The molecule has 1 aliphatic heterocycles. The molecule has 4 nitrogen and oxygen atoms in total. The lowest BCUT2D eigenvalue weighted by Crippen LogP contribution is -2.40. The maximum absolute atomic E-state index is 12.3. The minimum Gasteiger partial charge on any atom is -0.497 e. The van der Waals surface area contributed by atoms with Crippen LogP contribution >= 0.6 is 0 Å². The highest BCUT2D eigenvalue weighted by molar-refractivity contribution is 5.96. The van der Waals surface area contributed by atoms with Gasteiger partial charge in [-0.3, -0.25) is 4.79 Å². The topological polar surface area (TPSA) is 55.6 Å². The van der Waals surface area contributed by atoms with Gasteiger partial charge in [0.05, 0.1) is 7.11 Å². The SMILES string of the molecule is COc1cccc(C(N)CN2C(=O)CCc3ccccc32)c1. The summed E-state index contributed by atoms with van der Waals surface area (Å²) in [6, 6.07) is 15.5. The second-order valence-corrected chi connectivity index (χ2v) is 5.52. The van der Waals surface area contributed by atoms with Gasteiger partial charge in [-0.25, -0.2) is 0 Å². The van der Waals surface area contributed by atoms with E-state index < -0.39 is 0 Å². The number of nitrogens with two attached hydrogens (primary N) is 1. The summed E-state index contributed by atoms with van der Waals surface area (Å²) < 4.78 is 5.24. The van der Waals surface area contributed by atoms with Gasteiger partial charge in [-0.05, 0) is 35.7 Å². The Labute approximate surface area is 130 Å². The summed E-state index contributed by atoms with van der Waals surface area (Å²) in [4.78, 5) is 14.1. The molecule has 1 unspecified atom stereocenters. The Morgan fingerprint density at radius 2 is 2.00 bits per heavy atom. The molecular formula is C18H20N2O2. The zero-order chi connectivity index (χ0) is 15.5. The molecule has 4 heteroatoms. The first-order chi connectivity index (χ1) is 10.7. The quantitative estimate of drug-likeness (QED) is 0.943. The van der Waals surface area contributed by atoms with Gasteiger partial charge in [0.2, 0.25) is 5.91 Å².